The Labute approximate surface area is 145 Å². The summed E-state index contributed by atoms with van der Waals surface area (Å²) in [5.74, 6) is 0.821. The molecule has 1 unspecified atom stereocenters. The van der Waals surface area contributed by atoms with E-state index in [1.54, 1.807) is 10.6 Å². The molecule has 7 nitrogen and oxygen atoms in total. The van der Waals surface area contributed by atoms with Crippen molar-refractivity contribution in [3.05, 3.63) is 53.4 Å². The van der Waals surface area contributed by atoms with Gasteiger partial charge < -0.3 is 4.90 Å². The first-order chi connectivity index (χ1) is 12.1. The SMILES string of the molecule is Cc1cccc(C(=O)N2CCCC(c3cc(C)nc4ncnn34)C2)n1. The van der Waals surface area contributed by atoms with E-state index in [0.717, 1.165) is 36.5 Å². The smallest absolute Gasteiger partial charge is 0.272 e. The Morgan fingerprint density at radius 3 is 2.92 bits per heavy atom. The van der Waals surface area contributed by atoms with Gasteiger partial charge in [0.25, 0.3) is 11.7 Å². The zero-order valence-corrected chi connectivity index (χ0v) is 14.4. The van der Waals surface area contributed by atoms with Crippen molar-refractivity contribution in [3.63, 3.8) is 0 Å². The second-order valence-electron chi connectivity index (χ2n) is 6.55. The standard InChI is InChI=1S/C18H20N6O/c1-12-5-3-7-15(21-12)17(25)23-8-4-6-14(10-23)16-9-13(2)22-18-19-11-20-24(16)18/h3,5,7,9,11,14H,4,6,8,10H2,1-2H3. The lowest BCUT2D eigenvalue weighted by molar-refractivity contribution is 0.0699. The van der Waals surface area contributed by atoms with Gasteiger partial charge >= 0.3 is 0 Å². The third kappa shape index (κ3) is 2.97. The normalized spacial score (nSPS) is 17.8. The number of nitrogens with zero attached hydrogens (tertiary/aromatic N) is 6. The van der Waals surface area contributed by atoms with Crippen LogP contribution < -0.4 is 0 Å². The number of amides is 1. The summed E-state index contributed by atoms with van der Waals surface area (Å²) in [5.41, 5.74) is 3.35. The van der Waals surface area contributed by atoms with Crippen LogP contribution in [0.2, 0.25) is 0 Å². The Kier molecular flexibility index (Phi) is 3.91. The Morgan fingerprint density at radius 1 is 1.20 bits per heavy atom. The molecule has 7 heteroatoms. The first kappa shape index (κ1) is 15.7. The maximum absolute atomic E-state index is 12.8. The molecule has 1 aliphatic rings. The summed E-state index contributed by atoms with van der Waals surface area (Å²) in [7, 11) is 0. The molecule has 128 valence electrons. The van der Waals surface area contributed by atoms with Gasteiger partial charge in [-0.3, -0.25) is 4.79 Å². The highest BCUT2D eigenvalue weighted by Crippen LogP contribution is 2.28. The van der Waals surface area contributed by atoms with E-state index < -0.39 is 0 Å². The molecule has 0 radical (unpaired) electrons. The van der Waals surface area contributed by atoms with Crippen LogP contribution in [0.5, 0.6) is 0 Å². The highest BCUT2D eigenvalue weighted by Gasteiger charge is 2.28. The van der Waals surface area contributed by atoms with Crippen molar-refractivity contribution in [2.75, 3.05) is 13.1 Å². The molecule has 0 bridgehead atoms. The zero-order chi connectivity index (χ0) is 17.4. The lowest BCUT2D eigenvalue weighted by Crippen LogP contribution is -2.40. The molecular weight excluding hydrogens is 316 g/mol. The molecule has 0 aliphatic carbocycles. The van der Waals surface area contributed by atoms with Crippen LogP contribution in [0.1, 0.15) is 46.3 Å². The summed E-state index contributed by atoms with van der Waals surface area (Å²) >= 11 is 0. The number of rotatable bonds is 2. The number of hydrogen-bond acceptors (Lipinski definition) is 5. The Hall–Kier alpha value is -2.83. The number of carbonyl (C=O) groups excluding carboxylic acids is 1. The number of hydrogen-bond donors (Lipinski definition) is 0. The second-order valence-corrected chi connectivity index (χ2v) is 6.55. The van der Waals surface area contributed by atoms with Gasteiger partial charge in [0.2, 0.25) is 0 Å². The molecule has 1 fully saturated rings. The van der Waals surface area contributed by atoms with Gasteiger partial charge in [0, 0.05) is 30.4 Å². The van der Waals surface area contributed by atoms with Crippen molar-refractivity contribution < 1.29 is 4.79 Å². The van der Waals surface area contributed by atoms with Gasteiger partial charge in [-0.2, -0.15) is 10.1 Å². The third-order valence-electron chi connectivity index (χ3n) is 4.64. The van der Waals surface area contributed by atoms with E-state index in [-0.39, 0.29) is 11.8 Å². The summed E-state index contributed by atoms with van der Waals surface area (Å²) in [5, 5.41) is 4.30. The molecule has 0 saturated carbocycles. The van der Waals surface area contributed by atoms with Gasteiger partial charge in [0.15, 0.2) is 0 Å². The highest BCUT2D eigenvalue weighted by molar-refractivity contribution is 5.92. The molecule has 0 spiro atoms. The molecule has 1 aliphatic heterocycles. The molecule has 1 amide bonds. The van der Waals surface area contributed by atoms with Crippen molar-refractivity contribution in [1.29, 1.82) is 0 Å². The number of aromatic nitrogens is 5. The van der Waals surface area contributed by atoms with Crippen molar-refractivity contribution in [2.24, 2.45) is 0 Å². The minimum absolute atomic E-state index is 0.00554. The summed E-state index contributed by atoms with van der Waals surface area (Å²) in [4.78, 5) is 27.7. The minimum Gasteiger partial charge on any atom is -0.337 e. The third-order valence-corrected chi connectivity index (χ3v) is 4.64. The molecule has 0 aromatic carbocycles. The summed E-state index contributed by atoms with van der Waals surface area (Å²) in [6.45, 7) is 5.28. The van der Waals surface area contributed by atoms with Crippen LogP contribution in [0.25, 0.3) is 5.78 Å². The first-order valence-corrected chi connectivity index (χ1v) is 8.52. The van der Waals surface area contributed by atoms with Gasteiger partial charge in [0.05, 0.1) is 5.69 Å². The molecule has 0 N–H and O–H groups in total. The van der Waals surface area contributed by atoms with Gasteiger partial charge in [-0.25, -0.2) is 14.5 Å². The highest BCUT2D eigenvalue weighted by atomic mass is 16.2. The molecule has 4 heterocycles. The van der Waals surface area contributed by atoms with Crippen LogP contribution >= 0.6 is 0 Å². The molecule has 3 aromatic rings. The maximum atomic E-state index is 12.8. The zero-order valence-electron chi connectivity index (χ0n) is 14.4. The Morgan fingerprint density at radius 2 is 2.08 bits per heavy atom. The number of fused-ring (bicyclic) bond motifs is 1. The van der Waals surface area contributed by atoms with E-state index in [1.807, 2.05) is 36.9 Å². The molecular formula is C18H20N6O. The number of likely N-dealkylation sites (tertiary alicyclic amines) is 1. The molecule has 1 saturated heterocycles. The average molecular weight is 336 g/mol. The van der Waals surface area contributed by atoms with Crippen molar-refractivity contribution in [1.82, 2.24) is 29.5 Å². The van der Waals surface area contributed by atoms with Crippen LogP contribution in [-0.4, -0.2) is 48.5 Å². The number of aryl methyl sites for hydroxylation is 2. The fourth-order valence-corrected chi connectivity index (χ4v) is 3.48. The fraction of sp³-hybridized carbons (Fsp3) is 0.389. The monoisotopic (exact) mass is 336 g/mol. The van der Waals surface area contributed by atoms with E-state index in [4.69, 9.17) is 0 Å². The van der Waals surface area contributed by atoms with E-state index >= 15 is 0 Å². The van der Waals surface area contributed by atoms with Crippen LogP contribution in [-0.2, 0) is 0 Å². The van der Waals surface area contributed by atoms with E-state index in [2.05, 4.69) is 20.1 Å². The minimum atomic E-state index is -0.00554. The average Bonchev–Trinajstić information content (AvgIpc) is 3.08. The lowest BCUT2D eigenvalue weighted by atomic mass is 9.94. The Bertz CT molecular complexity index is 934. The van der Waals surface area contributed by atoms with Crippen LogP contribution in [0, 0.1) is 13.8 Å². The van der Waals surface area contributed by atoms with Gasteiger partial charge in [-0.1, -0.05) is 6.07 Å². The molecule has 1 atom stereocenters. The quantitative estimate of drug-likeness (QED) is 0.717. The van der Waals surface area contributed by atoms with Crippen LogP contribution in [0.3, 0.4) is 0 Å². The van der Waals surface area contributed by atoms with Crippen molar-refractivity contribution >= 4 is 11.7 Å². The van der Waals surface area contributed by atoms with Crippen LogP contribution in [0.4, 0.5) is 0 Å². The van der Waals surface area contributed by atoms with Gasteiger partial charge in [-0.05, 0) is 44.9 Å². The maximum Gasteiger partial charge on any atom is 0.272 e. The van der Waals surface area contributed by atoms with Gasteiger partial charge in [0.1, 0.15) is 12.0 Å². The van der Waals surface area contributed by atoms with Crippen LogP contribution in [0.15, 0.2) is 30.6 Å². The predicted octanol–water partition coefficient (Wildman–Crippen LogP) is 2.16. The van der Waals surface area contributed by atoms with Crippen molar-refractivity contribution in [3.8, 4) is 0 Å². The summed E-state index contributed by atoms with van der Waals surface area (Å²) in [6, 6.07) is 7.61. The van der Waals surface area contributed by atoms with Crippen molar-refractivity contribution in [2.45, 2.75) is 32.6 Å². The van der Waals surface area contributed by atoms with Gasteiger partial charge in [-0.15, -0.1) is 0 Å². The first-order valence-electron chi connectivity index (χ1n) is 8.52. The number of pyridine rings is 1. The topological polar surface area (TPSA) is 76.3 Å². The molecule has 3 aromatic heterocycles. The summed E-state index contributed by atoms with van der Waals surface area (Å²) in [6.07, 6.45) is 3.50. The predicted molar refractivity (Wildman–Crippen MR) is 92.4 cm³/mol. The Balaban J connectivity index is 1.62. The number of piperidine rings is 1. The second kappa shape index (κ2) is 6.23. The largest absolute Gasteiger partial charge is 0.337 e. The lowest BCUT2D eigenvalue weighted by Gasteiger charge is -2.32. The van der Waals surface area contributed by atoms with E-state index in [1.165, 1.54) is 6.33 Å². The summed E-state index contributed by atoms with van der Waals surface area (Å²) < 4.78 is 1.79. The number of carbonyl (C=O) groups is 1. The molecule has 4 rings (SSSR count). The van der Waals surface area contributed by atoms with E-state index in [9.17, 15) is 4.79 Å². The van der Waals surface area contributed by atoms with E-state index in [0.29, 0.717) is 18.0 Å². The molecule has 25 heavy (non-hydrogen) atoms. The fourth-order valence-electron chi connectivity index (χ4n) is 3.48.